The van der Waals surface area contributed by atoms with E-state index in [1.54, 1.807) is 0 Å². The van der Waals surface area contributed by atoms with Gasteiger partial charge in [-0.05, 0) is 30.7 Å². The van der Waals surface area contributed by atoms with E-state index in [2.05, 4.69) is 26.3 Å². The number of hydrogen-bond donors (Lipinski definition) is 2. The number of rotatable bonds is 5. The first-order valence-electron chi connectivity index (χ1n) is 6.55. The second-order valence-electron chi connectivity index (χ2n) is 4.42. The lowest BCUT2D eigenvalue weighted by Gasteiger charge is -2.04. The number of nitrogens with one attached hydrogen (secondary N) is 1. The molecule has 1 aromatic heterocycles. The summed E-state index contributed by atoms with van der Waals surface area (Å²) in [5, 5.41) is 7.48. The van der Waals surface area contributed by atoms with Gasteiger partial charge in [0.15, 0.2) is 5.82 Å². The van der Waals surface area contributed by atoms with Crippen molar-refractivity contribution in [3.05, 3.63) is 34.3 Å². The second-order valence-corrected chi connectivity index (χ2v) is 5.33. The van der Waals surface area contributed by atoms with E-state index in [4.69, 9.17) is 10.5 Å². The number of nitrogens with zero attached hydrogens (tertiary/aromatic N) is 2. The maximum Gasteiger partial charge on any atom is 0.345 e. The second kappa shape index (κ2) is 6.62. The zero-order chi connectivity index (χ0) is 15.4. The van der Waals surface area contributed by atoms with Crippen LogP contribution in [-0.4, -0.2) is 29.4 Å². The lowest BCUT2D eigenvalue weighted by Crippen LogP contribution is -2.09. The Balaban J connectivity index is 2.49. The quantitative estimate of drug-likeness (QED) is 0.808. The number of nitrogens with two attached hydrogens (primary N) is 1. The van der Waals surface area contributed by atoms with Crippen LogP contribution in [0.1, 0.15) is 23.7 Å². The van der Waals surface area contributed by atoms with Gasteiger partial charge < -0.3 is 15.8 Å². The number of ether oxygens (including phenoxy) is 1. The predicted molar refractivity (Wildman–Crippen MR) is 85.8 cm³/mol. The number of halogens is 1. The molecule has 1 aromatic carbocycles. The summed E-state index contributed by atoms with van der Waals surface area (Å²) in [6, 6.07) is 7.48. The summed E-state index contributed by atoms with van der Waals surface area (Å²) in [6.07, 6.45) is 0.908. The van der Waals surface area contributed by atoms with Gasteiger partial charge in [-0.1, -0.05) is 22.9 Å². The first-order chi connectivity index (χ1) is 10.1. The molecule has 0 aliphatic rings. The molecule has 0 fully saturated rings. The Morgan fingerprint density at radius 1 is 1.43 bits per heavy atom. The zero-order valence-electron chi connectivity index (χ0n) is 11.9. The zero-order valence-corrected chi connectivity index (χ0v) is 13.5. The molecule has 2 rings (SSSR count). The van der Waals surface area contributed by atoms with Gasteiger partial charge in [0.25, 0.3) is 0 Å². The molecule has 7 heteroatoms. The molecular weight excluding hydrogens is 336 g/mol. The molecule has 6 nitrogen and oxygen atoms in total. The van der Waals surface area contributed by atoms with Crippen LogP contribution >= 0.6 is 15.9 Å². The normalized spacial score (nSPS) is 10.4. The van der Waals surface area contributed by atoms with E-state index in [9.17, 15) is 4.79 Å². The average Bonchev–Trinajstić information content (AvgIpc) is 2.82. The van der Waals surface area contributed by atoms with Crippen LogP contribution in [0.4, 0.5) is 11.6 Å². The van der Waals surface area contributed by atoms with Gasteiger partial charge in [-0.2, -0.15) is 0 Å². The number of benzene rings is 1. The lowest BCUT2D eigenvalue weighted by molar-refractivity contribution is 0.0603. The first-order valence-corrected chi connectivity index (χ1v) is 7.34. The van der Waals surface area contributed by atoms with E-state index in [0.29, 0.717) is 12.4 Å². The molecule has 2 aromatic rings. The molecule has 0 atom stereocenters. The summed E-state index contributed by atoms with van der Waals surface area (Å²) >= 11 is 3.38. The Morgan fingerprint density at radius 2 is 2.10 bits per heavy atom. The maximum absolute atomic E-state index is 11.9. The van der Waals surface area contributed by atoms with E-state index < -0.39 is 5.97 Å². The minimum absolute atomic E-state index is 0.253. The Morgan fingerprint density at radius 3 is 2.67 bits per heavy atom. The van der Waals surface area contributed by atoms with Crippen LogP contribution in [0.25, 0.3) is 5.69 Å². The lowest BCUT2D eigenvalue weighted by atomic mass is 10.3. The molecule has 0 radical (unpaired) electrons. The Bertz CT molecular complexity index is 637. The number of aromatic nitrogens is 2. The van der Waals surface area contributed by atoms with Crippen LogP contribution in [0, 0.1) is 0 Å². The van der Waals surface area contributed by atoms with Crippen LogP contribution in [0.5, 0.6) is 0 Å². The number of anilines is 2. The van der Waals surface area contributed by atoms with Crippen molar-refractivity contribution < 1.29 is 9.53 Å². The largest absolute Gasteiger partial charge is 0.465 e. The third-order valence-corrected chi connectivity index (χ3v) is 3.45. The van der Waals surface area contributed by atoms with E-state index >= 15 is 0 Å². The minimum Gasteiger partial charge on any atom is -0.465 e. The van der Waals surface area contributed by atoms with E-state index in [1.807, 2.05) is 31.2 Å². The number of nitrogen functional groups attached to an aromatic ring is 1. The molecule has 0 unspecified atom stereocenters. The average molecular weight is 353 g/mol. The molecule has 0 amide bonds. The van der Waals surface area contributed by atoms with Crippen molar-refractivity contribution in [1.29, 1.82) is 0 Å². The number of carbonyl (C=O) groups excluding carboxylic acids is 1. The smallest absolute Gasteiger partial charge is 0.345 e. The Labute approximate surface area is 131 Å². The highest BCUT2D eigenvalue weighted by atomic mass is 79.9. The molecule has 0 aliphatic heterocycles. The number of hydrogen-bond acceptors (Lipinski definition) is 5. The van der Waals surface area contributed by atoms with Crippen LogP contribution in [0.3, 0.4) is 0 Å². The number of carbonyl (C=O) groups is 1. The fourth-order valence-corrected chi connectivity index (χ4v) is 2.14. The summed E-state index contributed by atoms with van der Waals surface area (Å²) < 4.78 is 7.26. The fourth-order valence-electron chi connectivity index (χ4n) is 1.88. The van der Waals surface area contributed by atoms with Gasteiger partial charge in [0.1, 0.15) is 11.4 Å². The molecule has 21 heavy (non-hydrogen) atoms. The van der Waals surface area contributed by atoms with Gasteiger partial charge in [0.2, 0.25) is 0 Å². The van der Waals surface area contributed by atoms with Crippen molar-refractivity contribution in [1.82, 2.24) is 9.78 Å². The van der Waals surface area contributed by atoms with Crippen molar-refractivity contribution in [2.75, 3.05) is 24.7 Å². The third-order valence-electron chi connectivity index (χ3n) is 2.92. The van der Waals surface area contributed by atoms with Crippen molar-refractivity contribution in [3.8, 4) is 5.69 Å². The molecule has 0 aliphatic carbocycles. The topological polar surface area (TPSA) is 82.2 Å². The highest BCUT2D eigenvalue weighted by Gasteiger charge is 2.23. The number of esters is 1. The van der Waals surface area contributed by atoms with Crippen molar-refractivity contribution in [2.45, 2.75) is 13.3 Å². The molecular formula is C14H17BrN4O2. The standard InChI is InChI=1S/C14H17BrN4O2/c1-3-8-17-13-11(14(20)21-2)12(16)19(18-13)10-6-4-9(15)5-7-10/h4-7H,3,8,16H2,1-2H3,(H,17,18). The highest BCUT2D eigenvalue weighted by Crippen LogP contribution is 2.26. The summed E-state index contributed by atoms with van der Waals surface area (Å²) in [5.41, 5.74) is 7.10. The Hall–Kier alpha value is -2.02. The Kier molecular flexibility index (Phi) is 4.85. The molecule has 0 spiro atoms. The van der Waals surface area contributed by atoms with Crippen LogP contribution in [0.2, 0.25) is 0 Å². The summed E-state index contributed by atoms with van der Waals surface area (Å²) in [7, 11) is 1.32. The molecule has 3 N–H and O–H groups in total. The van der Waals surface area contributed by atoms with Gasteiger partial charge in [0, 0.05) is 11.0 Å². The van der Waals surface area contributed by atoms with E-state index in [-0.39, 0.29) is 11.4 Å². The van der Waals surface area contributed by atoms with Gasteiger partial charge in [-0.25, -0.2) is 9.48 Å². The number of methoxy groups -OCH3 is 1. The van der Waals surface area contributed by atoms with Gasteiger partial charge >= 0.3 is 5.97 Å². The highest BCUT2D eigenvalue weighted by molar-refractivity contribution is 9.10. The SMILES string of the molecule is CCCNc1nn(-c2ccc(Br)cc2)c(N)c1C(=O)OC. The third kappa shape index (κ3) is 3.18. The van der Waals surface area contributed by atoms with Gasteiger partial charge in [-0.15, -0.1) is 5.10 Å². The van der Waals surface area contributed by atoms with Crippen LogP contribution in [0.15, 0.2) is 28.7 Å². The molecule has 0 saturated carbocycles. The van der Waals surface area contributed by atoms with Crippen molar-refractivity contribution in [3.63, 3.8) is 0 Å². The maximum atomic E-state index is 11.9. The van der Waals surface area contributed by atoms with Crippen molar-refractivity contribution in [2.24, 2.45) is 0 Å². The minimum atomic E-state index is -0.505. The summed E-state index contributed by atoms with van der Waals surface area (Å²) in [5.74, 6) is 0.182. The molecule has 1 heterocycles. The van der Waals surface area contributed by atoms with E-state index in [0.717, 1.165) is 16.6 Å². The summed E-state index contributed by atoms with van der Waals surface area (Å²) in [4.78, 5) is 11.9. The fraction of sp³-hybridized carbons (Fsp3) is 0.286. The molecule has 0 saturated heterocycles. The first kappa shape index (κ1) is 15.4. The molecule has 112 valence electrons. The van der Waals surface area contributed by atoms with Gasteiger partial charge in [-0.3, -0.25) is 0 Å². The monoisotopic (exact) mass is 352 g/mol. The van der Waals surface area contributed by atoms with E-state index in [1.165, 1.54) is 11.8 Å². The van der Waals surface area contributed by atoms with Crippen LogP contribution in [-0.2, 0) is 4.74 Å². The molecule has 0 bridgehead atoms. The van der Waals surface area contributed by atoms with Crippen LogP contribution < -0.4 is 11.1 Å². The van der Waals surface area contributed by atoms with Gasteiger partial charge in [0.05, 0.1) is 12.8 Å². The summed E-state index contributed by atoms with van der Waals surface area (Å²) in [6.45, 7) is 2.72. The van der Waals surface area contributed by atoms with Crippen molar-refractivity contribution >= 4 is 33.5 Å². The predicted octanol–water partition coefficient (Wildman–Crippen LogP) is 2.83.